The summed E-state index contributed by atoms with van der Waals surface area (Å²) in [7, 11) is 0. The fourth-order valence-electron chi connectivity index (χ4n) is 1.22. The lowest BCUT2D eigenvalue weighted by Gasteiger charge is -2.07. The van der Waals surface area contributed by atoms with Crippen LogP contribution in [-0.4, -0.2) is 22.5 Å². The molecule has 0 aliphatic heterocycles. The van der Waals surface area contributed by atoms with Crippen molar-refractivity contribution in [2.45, 2.75) is 13.3 Å². The predicted octanol–water partition coefficient (Wildman–Crippen LogP) is 1.69. The number of nitrogen functional groups attached to an aromatic ring is 1. The van der Waals surface area contributed by atoms with Crippen molar-refractivity contribution in [1.82, 2.24) is 4.98 Å². The van der Waals surface area contributed by atoms with Crippen molar-refractivity contribution in [1.29, 1.82) is 0 Å². The number of nitro groups is 1. The fraction of sp³-hybridized carbons (Fsp3) is 0.333. The normalized spacial score (nSPS) is 10.4. The SMILES string of the molecule is CCOC(=O)c1nc(C(F)F)cc(N)c1[N+](=O)[O-]. The van der Waals surface area contributed by atoms with Crippen LogP contribution in [0.5, 0.6) is 0 Å². The summed E-state index contributed by atoms with van der Waals surface area (Å²) in [6.45, 7) is 1.39. The Labute approximate surface area is 99.7 Å². The van der Waals surface area contributed by atoms with Crippen LogP contribution < -0.4 is 5.73 Å². The van der Waals surface area contributed by atoms with E-state index in [2.05, 4.69) is 9.72 Å². The summed E-state index contributed by atoms with van der Waals surface area (Å²) in [6, 6.07) is 0.658. The van der Waals surface area contributed by atoms with Crippen molar-refractivity contribution in [3.63, 3.8) is 0 Å². The van der Waals surface area contributed by atoms with Gasteiger partial charge in [-0.15, -0.1) is 0 Å². The van der Waals surface area contributed by atoms with Crippen LogP contribution in [0.15, 0.2) is 6.07 Å². The zero-order valence-corrected chi connectivity index (χ0v) is 9.22. The lowest BCUT2D eigenvalue weighted by Crippen LogP contribution is -2.13. The number of carbonyl (C=O) groups excluding carboxylic acids is 1. The number of hydrogen-bond donors (Lipinski definition) is 1. The molecule has 0 fully saturated rings. The van der Waals surface area contributed by atoms with Gasteiger partial charge in [-0.3, -0.25) is 10.1 Å². The summed E-state index contributed by atoms with van der Waals surface area (Å²) in [6.07, 6.45) is -3.00. The van der Waals surface area contributed by atoms with Crippen molar-refractivity contribution >= 4 is 17.3 Å². The number of nitrogens with zero attached hydrogens (tertiary/aromatic N) is 2. The molecule has 9 heteroatoms. The zero-order chi connectivity index (χ0) is 13.9. The molecular weight excluding hydrogens is 252 g/mol. The topological polar surface area (TPSA) is 108 Å². The lowest BCUT2D eigenvalue weighted by atomic mass is 10.2. The van der Waals surface area contributed by atoms with E-state index in [1.807, 2.05) is 0 Å². The second-order valence-electron chi connectivity index (χ2n) is 3.11. The first-order valence-corrected chi connectivity index (χ1v) is 4.78. The molecule has 0 bridgehead atoms. The molecule has 0 radical (unpaired) electrons. The molecular formula is C9H9F2N3O4. The second-order valence-corrected chi connectivity index (χ2v) is 3.11. The lowest BCUT2D eigenvalue weighted by molar-refractivity contribution is -0.384. The molecule has 18 heavy (non-hydrogen) atoms. The Bertz CT molecular complexity index is 493. The Balaban J connectivity index is 3.42. The third-order valence-corrected chi connectivity index (χ3v) is 1.92. The monoisotopic (exact) mass is 261 g/mol. The van der Waals surface area contributed by atoms with Crippen molar-refractivity contribution in [3.8, 4) is 0 Å². The number of aromatic nitrogens is 1. The molecule has 0 spiro atoms. The molecule has 0 aromatic carbocycles. The van der Waals surface area contributed by atoms with Gasteiger partial charge in [0, 0.05) is 0 Å². The maximum absolute atomic E-state index is 12.5. The van der Waals surface area contributed by atoms with Gasteiger partial charge >= 0.3 is 11.7 Å². The molecule has 0 saturated heterocycles. The second kappa shape index (κ2) is 5.34. The van der Waals surface area contributed by atoms with Crippen molar-refractivity contribution in [3.05, 3.63) is 27.6 Å². The molecule has 0 aliphatic carbocycles. The number of nitrogens with two attached hydrogens (primary N) is 1. The molecule has 0 unspecified atom stereocenters. The van der Waals surface area contributed by atoms with Gasteiger partial charge in [-0.2, -0.15) is 0 Å². The number of alkyl halides is 2. The van der Waals surface area contributed by atoms with Gasteiger partial charge in [0.05, 0.1) is 11.5 Å². The standard InChI is InChI=1S/C9H9F2N3O4/c1-2-18-9(15)6-7(14(16)17)4(12)3-5(13-6)8(10)11/h3,8H,2H2,1H3,(H2,12,13). The summed E-state index contributed by atoms with van der Waals surface area (Å²) in [5.74, 6) is -1.17. The Morgan fingerprint density at radius 1 is 1.67 bits per heavy atom. The van der Waals surface area contributed by atoms with E-state index >= 15 is 0 Å². The number of pyridine rings is 1. The van der Waals surface area contributed by atoms with Crippen LogP contribution >= 0.6 is 0 Å². The number of rotatable bonds is 4. The maximum atomic E-state index is 12.5. The summed E-state index contributed by atoms with van der Waals surface area (Å²) in [4.78, 5) is 24.4. The zero-order valence-electron chi connectivity index (χ0n) is 9.22. The van der Waals surface area contributed by atoms with E-state index < -0.39 is 40.1 Å². The van der Waals surface area contributed by atoms with Crippen LogP contribution in [0.4, 0.5) is 20.2 Å². The molecule has 1 heterocycles. The molecule has 7 nitrogen and oxygen atoms in total. The molecule has 0 saturated carbocycles. The minimum absolute atomic E-state index is 0.0729. The number of ether oxygens (including phenoxy) is 1. The minimum Gasteiger partial charge on any atom is -0.461 e. The maximum Gasteiger partial charge on any atom is 0.364 e. The van der Waals surface area contributed by atoms with Gasteiger partial charge < -0.3 is 10.5 Å². The average molecular weight is 261 g/mol. The van der Waals surface area contributed by atoms with Gasteiger partial charge in [-0.1, -0.05) is 0 Å². The molecule has 0 amide bonds. The van der Waals surface area contributed by atoms with E-state index in [0.717, 1.165) is 0 Å². The summed E-state index contributed by atoms with van der Waals surface area (Å²) in [5, 5.41) is 10.7. The van der Waals surface area contributed by atoms with Gasteiger partial charge in [-0.05, 0) is 13.0 Å². The predicted molar refractivity (Wildman–Crippen MR) is 56.2 cm³/mol. The van der Waals surface area contributed by atoms with Gasteiger partial charge in [0.1, 0.15) is 11.4 Å². The highest BCUT2D eigenvalue weighted by molar-refractivity contribution is 5.94. The molecule has 1 aromatic heterocycles. The van der Waals surface area contributed by atoms with Crippen molar-refractivity contribution in [2.24, 2.45) is 0 Å². The van der Waals surface area contributed by atoms with Gasteiger partial charge in [0.25, 0.3) is 6.43 Å². The first-order chi connectivity index (χ1) is 8.38. The third-order valence-electron chi connectivity index (χ3n) is 1.92. The smallest absolute Gasteiger partial charge is 0.364 e. The molecule has 1 aromatic rings. The number of halogens is 2. The molecule has 0 atom stereocenters. The van der Waals surface area contributed by atoms with E-state index in [1.165, 1.54) is 6.92 Å². The molecule has 1 rings (SSSR count). The van der Waals surface area contributed by atoms with Crippen LogP contribution in [0.3, 0.4) is 0 Å². The summed E-state index contributed by atoms with van der Waals surface area (Å²) >= 11 is 0. The van der Waals surface area contributed by atoms with E-state index in [-0.39, 0.29) is 6.61 Å². The largest absolute Gasteiger partial charge is 0.461 e. The Morgan fingerprint density at radius 3 is 2.72 bits per heavy atom. The Morgan fingerprint density at radius 2 is 2.28 bits per heavy atom. The van der Waals surface area contributed by atoms with Crippen LogP contribution in [0.25, 0.3) is 0 Å². The van der Waals surface area contributed by atoms with Crippen LogP contribution in [0, 0.1) is 10.1 Å². The van der Waals surface area contributed by atoms with E-state index in [1.54, 1.807) is 0 Å². The van der Waals surface area contributed by atoms with Crippen LogP contribution in [-0.2, 0) is 4.74 Å². The van der Waals surface area contributed by atoms with Gasteiger partial charge in [-0.25, -0.2) is 18.6 Å². The molecule has 2 N–H and O–H groups in total. The van der Waals surface area contributed by atoms with Crippen LogP contribution in [0.2, 0.25) is 0 Å². The quantitative estimate of drug-likeness (QED) is 0.501. The number of anilines is 1. The first kappa shape index (κ1) is 13.7. The van der Waals surface area contributed by atoms with E-state index in [0.29, 0.717) is 6.07 Å². The Kier molecular flexibility index (Phi) is 4.08. The molecule has 98 valence electrons. The highest BCUT2D eigenvalue weighted by atomic mass is 19.3. The molecule has 0 aliphatic rings. The highest BCUT2D eigenvalue weighted by Gasteiger charge is 2.29. The van der Waals surface area contributed by atoms with Gasteiger partial charge in [0.2, 0.25) is 5.69 Å². The third kappa shape index (κ3) is 2.67. The van der Waals surface area contributed by atoms with Crippen molar-refractivity contribution < 1.29 is 23.2 Å². The van der Waals surface area contributed by atoms with Crippen molar-refractivity contribution in [2.75, 3.05) is 12.3 Å². The summed E-state index contributed by atoms with van der Waals surface area (Å²) in [5.41, 5.74) is 2.23. The number of hydrogen-bond acceptors (Lipinski definition) is 6. The first-order valence-electron chi connectivity index (χ1n) is 4.78. The highest BCUT2D eigenvalue weighted by Crippen LogP contribution is 2.29. The summed E-state index contributed by atoms with van der Waals surface area (Å²) < 4.78 is 29.4. The number of carbonyl (C=O) groups is 1. The van der Waals surface area contributed by atoms with E-state index in [4.69, 9.17) is 5.73 Å². The average Bonchev–Trinajstić information content (AvgIpc) is 2.27. The number of esters is 1. The van der Waals surface area contributed by atoms with Gasteiger partial charge in [0.15, 0.2) is 0 Å². The fourth-order valence-corrected chi connectivity index (χ4v) is 1.22. The Hall–Kier alpha value is -2.32. The van der Waals surface area contributed by atoms with Crippen LogP contribution in [0.1, 0.15) is 29.5 Å². The minimum atomic E-state index is -3.00. The van der Waals surface area contributed by atoms with E-state index in [9.17, 15) is 23.7 Å².